The zero-order chi connectivity index (χ0) is 16.9. The predicted octanol–water partition coefficient (Wildman–Crippen LogP) is 1.77. The van der Waals surface area contributed by atoms with Gasteiger partial charge in [0.25, 0.3) is 0 Å². The molecule has 7 heteroatoms. The molecule has 1 aromatic carbocycles. The molecule has 0 bridgehead atoms. The van der Waals surface area contributed by atoms with Crippen LogP contribution in [-0.4, -0.2) is 52.2 Å². The van der Waals surface area contributed by atoms with E-state index in [1.807, 2.05) is 0 Å². The second kappa shape index (κ2) is 7.53. The Bertz CT molecular complexity index is 621. The fraction of sp³-hybridized carbons (Fsp3) is 0.562. The number of hydrogen-bond acceptors (Lipinski definition) is 5. The van der Waals surface area contributed by atoms with Gasteiger partial charge in [0.05, 0.1) is 11.5 Å². The third-order valence-corrected chi connectivity index (χ3v) is 5.70. The van der Waals surface area contributed by atoms with Gasteiger partial charge in [0.1, 0.15) is 25.4 Å². The first kappa shape index (κ1) is 18.1. The lowest BCUT2D eigenvalue weighted by atomic mass is 9.93. The van der Waals surface area contributed by atoms with Gasteiger partial charge in [0.2, 0.25) is 0 Å². The van der Waals surface area contributed by atoms with Crippen LogP contribution in [0.2, 0.25) is 0 Å². The number of rotatable bonds is 7. The molecular formula is C16H24NO5S+. The fourth-order valence-electron chi connectivity index (χ4n) is 2.88. The Kier molecular flexibility index (Phi) is 5.91. The van der Waals surface area contributed by atoms with E-state index in [2.05, 4.69) is 0 Å². The number of hydroxylamine groups is 3. The van der Waals surface area contributed by atoms with E-state index in [1.54, 1.807) is 32.2 Å². The van der Waals surface area contributed by atoms with Crippen molar-refractivity contribution in [3.8, 4) is 0 Å². The van der Waals surface area contributed by atoms with E-state index in [-0.39, 0.29) is 21.2 Å². The van der Waals surface area contributed by atoms with E-state index in [0.717, 1.165) is 0 Å². The molecule has 1 aromatic rings. The third kappa shape index (κ3) is 4.60. The summed E-state index contributed by atoms with van der Waals surface area (Å²) in [6.45, 7) is 3.39. The lowest BCUT2D eigenvalue weighted by Gasteiger charge is -2.38. The van der Waals surface area contributed by atoms with Gasteiger partial charge in [0.15, 0.2) is 0 Å². The number of carbonyl (C=O) groups excluding carboxylic acids is 1. The monoisotopic (exact) mass is 342 g/mol. The number of benzene rings is 1. The van der Waals surface area contributed by atoms with Gasteiger partial charge in [-0.2, -0.15) is 13.1 Å². The van der Waals surface area contributed by atoms with E-state index in [9.17, 15) is 13.2 Å². The number of nitrogens with zero attached hydrogens (tertiary/aromatic N) is 1. The van der Waals surface area contributed by atoms with Crippen LogP contribution in [0.15, 0.2) is 35.2 Å². The van der Waals surface area contributed by atoms with E-state index in [0.29, 0.717) is 39.1 Å². The zero-order valence-corrected chi connectivity index (χ0v) is 14.4. The van der Waals surface area contributed by atoms with Crippen LogP contribution in [0, 0.1) is 5.92 Å². The summed E-state index contributed by atoms with van der Waals surface area (Å²) in [5.74, 6) is 0.146. The van der Waals surface area contributed by atoms with Crippen LogP contribution in [0.4, 0.5) is 0 Å². The molecule has 0 radical (unpaired) electrons. The van der Waals surface area contributed by atoms with Crippen LogP contribution < -0.4 is 0 Å². The number of piperidine rings is 1. The van der Waals surface area contributed by atoms with Crippen LogP contribution in [0.1, 0.15) is 19.8 Å². The normalized spacial score (nSPS) is 25.2. The van der Waals surface area contributed by atoms with Crippen LogP contribution in [0.3, 0.4) is 0 Å². The second-order valence-corrected chi connectivity index (χ2v) is 7.48. The highest BCUT2D eigenvalue weighted by atomic mass is 32.2. The number of carbonyl (C=O) groups is 1. The number of ketones is 1. The molecule has 0 aromatic heterocycles. The molecule has 0 N–H and O–H groups in total. The molecule has 1 saturated heterocycles. The average molecular weight is 342 g/mol. The Morgan fingerprint density at radius 1 is 1.22 bits per heavy atom. The SMILES string of the molecule is COCC[N+]1(OS(=O)(=O)c2ccccc2)CCC(C(C)=O)CC1. The van der Waals surface area contributed by atoms with Crippen molar-refractivity contribution in [2.45, 2.75) is 24.7 Å². The Hall–Kier alpha value is -1.28. The summed E-state index contributed by atoms with van der Waals surface area (Å²) in [7, 11) is -2.28. The Labute approximate surface area is 137 Å². The molecule has 0 unspecified atom stereocenters. The number of quaternary nitrogens is 1. The molecule has 0 saturated carbocycles. The molecule has 0 spiro atoms. The predicted molar refractivity (Wildman–Crippen MR) is 84.9 cm³/mol. The molecule has 1 fully saturated rings. The Morgan fingerprint density at radius 2 is 1.83 bits per heavy atom. The van der Waals surface area contributed by atoms with Crippen LogP contribution in [0.25, 0.3) is 0 Å². The van der Waals surface area contributed by atoms with Gasteiger partial charge < -0.3 is 4.74 Å². The van der Waals surface area contributed by atoms with Gasteiger partial charge in [-0.15, -0.1) is 0 Å². The standard InChI is InChI=1S/C16H24NO5S/c1-14(18)15-8-10-17(11-9-15,12-13-21-2)22-23(19,20)16-6-4-3-5-7-16/h3-7,15H,8-13H2,1-2H3/q+1. The number of ether oxygens (including phenoxy) is 1. The van der Waals surface area contributed by atoms with Crippen LogP contribution in [-0.2, 0) is 23.9 Å². The van der Waals surface area contributed by atoms with Crippen LogP contribution >= 0.6 is 0 Å². The summed E-state index contributed by atoms with van der Waals surface area (Å²) >= 11 is 0. The molecular weight excluding hydrogens is 318 g/mol. The van der Waals surface area contributed by atoms with Crippen molar-refractivity contribution in [1.82, 2.24) is 0 Å². The summed E-state index contributed by atoms with van der Waals surface area (Å²) in [6.07, 6.45) is 1.26. The van der Waals surface area contributed by atoms with Gasteiger partial charge in [-0.25, -0.2) is 0 Å². The maximum Gasteiger partial charge on any atom is 0.342 e. The second-order valence-electron chi connectivity index (χ2n) is 5.95. The summed E-state index contributed by atoms with van der Waals surface area (Å²) in [5.41, 5.74) is 0. The summed E-state index contributed by atoms with van der Waals surface area (Å²) < 4.78 is 35.8. The highest BCUT2D eigenvalue weighted by Gasteiger charge is 2.41. The van der Waals surface area contributed by atoms with Crippen molar-refractivity contribution < 1.29 is 26.9 Å². The topological polar surface area (TPSA) is 69.7 Å². The number of methoxy groups -OCH3 is 1. The van der Waals surface area contributed by atoms with Crippen molar-refractivity contribution in [2.75, 3.05) is 33.4 Å². The van der Waals surface area contributed by atoms with Gasteiger partial charge >= 0.3 is 10.1 Å². The molecule has 0 aliphatic carbocycles. The third-order valence-electron chi connectivity index (χ3n) is 4.34. The fourth-order valence-corrected chi connectivity index (χ4v) is 4.09. The number of likely N-dealkylation sites (tertiary alicyclic amines) is 1. The van der Waals surface area contributed by atoms with E-state index in [4.69, 9.17) is 9.02 Å². The first-order valence-corrected chi connectivity index (χ1v) is 9.16. The smallest absolute Gasteiger partial charge is 0.342 e. The maximum absolute atomic E-state index is 12.5. The van der Waals surface area contributed by atoms with Crippen LogP contribution in [0.5, 0.6) is 0 Å². The first-order chi connectivity index (χ1) is 10.9. The molecule has 2 rings (SSSR count). The van der Waals surface area contributed by atoms with E-state index in [1.165, 1.54) is 12.1 Å². The summed E-state index contributed by atoms with van der Waals surface area (Å²) in [4.78, 5) is 11.7. The molecule has 1 heterocycles. The van der Waals surface area contributed by atoms with Crippen molar-refractivity contribution in [1.29, 1.82) is 0 Å². The van der Waals surface area contributed by atoms with E-state index < -0.39 is 10.1 Å². The molecule has 6 nitrogen and oxygen atoms in total. The lowest BCUT2D eigenvalue weighted by Crippen LogP contribution is -2.56. The Balaban J connectivity index is 2.18. The lowest BCUT2D eigenvalue weighted by molar-refractivity contribution is -1.08. The minimum Gasteiger partial charge on any atom is -0.379 e. The van der Waals surface area contributed by atoms with Gasteiger partial charge in [0, 0.05) is 25.9 Å². The number of hydrogen-bond donors (Lipinski definition) is 0. The quantitative estimate of drug-likeness (QED) is 0.706. The summed E-state index contributed by atoms with van der Waals surface area (Å²) in [6, 6.07) is 8.12. The van der Waals surface area contributed by atoms with Crippen molar-refractivity contribution in [3.63, 3.8) is 0 Å². The molecule has 0 amide bonds. The average Bonchev–Trinajstić information content (AvgIpc) is 2.54. The molecule has 1 aliphatic rings. The zero-order valence-electron chi connectivity index (χ0n) is 13.6. The van der Waals surface area contributed by atoms with Gasteiger partial charge in [-0.05, 0) is 19.1 Å². The first-order valence-electron chi connectivity index (χ1n) is 7.75. The molecule has 0 atom stereocenters. The maximum atomic E-state index is 12.5. The minimum atomic E-state index is -3.85. The van der Waals surface area contributed by atoms with Crippen molar-refractivity contribution >= 4 is 15.9 Å². The largest absolute Gasteiger partial charge is 0.379 e. The Morgan fingerprint density at radius 3 is 2.35 bits per heavy atom. The minimum absolute atomic E-state index is 0.00757. The highest BCUT2D eigenvalue weighted by Crippen LogP contribution is 2.28. The van der Waals surface area contributed by atoms with Crippen molar-refractivity contribution in [2.24, 2.45) is 5.92 Å². The van der Waals surface area contributed by atoms with Gasteiger partial charge in [-0.3, -0.25) is 4.79 Å². The summed E-state index contributed by atoms with van der Waals surface area (Å²) in [5, 5.41) is 0. The highest BCUT2D eigenvalue weighted by molar-refractivity contribution is 7.86. The molecule has 23 heavy (non-hydrogen) atoms. The molecule has 128 valence electrons. The molecule has 1 aliphatic heterocycles. The van der Waals surface area contributed by atoms with Gasteiger partial charge in [-0.1, -0.05) is 22.5 Å². The number of Topliss-reactive ketones (excluding diaryl/α,β-unsaturated/α-hetero) is 1. The van der Waals surface area contributed by atoms with E-state index >= 15 is 0 Å². The van der Waals surface area contributed by atoms with Crippen molar-refractivity contribution in [3.05, 3.63) is 30.3 Å².